The number of halogens is 1. The van der Waals surface area contributed by atoms with Crippen LogP contribution in [0, 0.1) is 5.92 Å². The van der Waals surface area contributed by atoms with Gasteiger partial charge in [-0.1, -0.05) is 13.8 Å². The number of nitrogens with one attached hydrogen (secondary N) is 1. The summed E-state index contributed by atoms with van der Waals surface area (Å²) in [6.45, 7) is 7.46. The number of amides is 1. The van der Waals surface area contributed by atoms with Crippen molar-refractivity contribution in [3.63, 3.8) is 0 Å². The summed E-state index contributed by atoms with van der Waals surface area (Å²) in [6.07, 6.45) is 1.83. The van der Waals surface area contributed by atoms with Gasteiger partial charge in [-0.3, -0.25) is 4.79 Å². The Labute approximate surface area is 110 Å². The summed E-state index contributed by atoms with van der Waals surface area (Å²) in [5, 5.41) is 2.99. The lowest BCUT2D eigenvalue weighted by atomic mass is 10.2. The minimum absolute atomic E-state index is 0. The number of hydrogen-bond donors (Lipinski definition) is 1. The highest BCUT2D eigenvalue weighted by molar-refractivity contribution is 5.85. The number of carbonyl (C=O) groups excluding carboxylic acids is 1. The van der Waals surface area contributed by atoms with Crippen molar-refractivity contribution in [1.29, 1.82) is 0 Å². The second kappa shape index (κ2) is 8.72. The van der Waals surface area contributed by atoms with Gasteiger partial charge in [0, 0.05) is 32.7 Å². The van der Waals surface area contributed by atoms with Crippen molar-refractivity contribution in [2.75, 3.05) is 33.3 Å². The Morgan fingerprint density at radius 2 is 2.24 bits per heavy atom. The molecule has 1 rings (SSSR count). The van der Waals surface area contributed by atoms with Crippen molar-refractivity contribution in [3.8, 4) is 0 Å². The Hall–Kier alpha value is -0.320. The van der Waals surface area contributed by atoms with Gasteiger partial charge in [-0.2, -0.15) is 0 Å². The maximum atomic E-state index is 11.7. The molecule has 0 aromatic heterocycles. The second-order valence-electron chi connectivity index (χ2n) is 4.83. The fourth-order valence-electron chi connectivity index (χ4n) is 1.81. The van der Waals surface area contributed by atoms with E-state index in [2.05, 4.69) is 19.2 Å². The molecule has 102 valence electrons. The second-order valence-corrected chi connectivity index (χ2v) is 4.83. The van der Waals surface area contributed by atoms with E-state index in [9.17, 15) is 4.79 Å². The Morgan fingerprint density at radius 1 is 1.53 bits per heavy atom. The fraction of sp³-hybridized carbons (Fsp3) is 0.917. The number of nitrogens with zero attached hydrogens (tertiary/aromatic N) is 1. The molecule has 0 aromatic carbocycles. The van der Waals surface area contributed by atoms with Gasteiger partial charge in [0.15, 0.2) is 0 Å². The van der Waals surface area contributed by atoms with Gasteiger partial charge in [0.05, 0.1) is 6.10 Å². The monoisotopic (exact) mass is 264 g/mol. The van der Waals surface area contributed by atoms with Crippen LogP contribution in [0.4, 0.5) is 0 Å². The molecule has 0 saturated carbocycles. The first-order valence-corrected chi connectivity index (χ1v) is 6.17. The van der Waals surface area contributed by atoms with E-state index >= 15 is 0 Å². The van der Waals surface area contributed by atoms with E-state index in [1.165, 1.54) is 0 Å². The van der Waals surface area contributed by atoms with E-state index in [0.717, 1.165) is 32.7 Å². The van der Waals surface area contributed by atoms with Gasteiger partial charge in [-0.15, -0.1) is 12.4 Å². The highest BCUT2D eigenvalue weighted by atomic mass is 35.5. The largest absolute Gasteiger partial charge is 0.376 e. The lowest BCUT2D eigenvalue weighted by Gasteiger charge is -2.17. The molecule has 1 aliphatic heterocycles. The average Bonchev–Trinajstić information content (AvgIpc) is 2.71. The van der Waals surface area contributed by atoms with Crippen molar-refractivity contribution in [2.45, 2.75) is 32.8 Å². The van der Waals surface area contributed by atoms with Crippen LogP contribution in [0.3, 0.4) is 0 Å². The number of carbonyl (C=O) groups is 1. The third-order valence-electron chi connectivity index (χ3n) is 2.75. The number of rotatable bonds is 6. The lowest BCUT2D eigenvalue weighted by Crippen LogP contribution is -2.32. The molecule has 1 heterocycles. The first kappa shape index (κ1) is 16.7. The van der Waals surface area contributed by atoms with Gasteiger partial charge in [0.1, 0.15) is 0 Å². The summed E-state index contributed by atoms with van der Waals surface area (Å²) in [6, 6.07) is 0. The number of ether oxygens (including phenoxy) is 1. The topological polar surface area (TPSA) is 41.6 Å². The van der Waals surface area contributed by atoms with Crippen molar-refractivity contribution in [2.24, 2.45) is 5.92 Å². The normalized spacial score (nSPS) is 19.5. The van der Waals surface area contributed by atoms with Crippen LogP contribution >= 0.6 is 12.4 Å². The van der Waals surface area contributed by atoms with Crippen LogP contribution in [0.2, 0.25) is 0 Å². The molecule has 0 spiro atoms. The minimum Gasteiger partial charge on any atom is -0.376 e. The molecule has 1 amide bonds. The highest BCUT2D eigenvalue weighted by Crippen LogP contribution is 2.14. The molecule has 1 atom stereocenters. The van der Waals surface area contributed by atoms with Gasteiger partial charge < -0.3 is 15.0 Å². The summed E-state index contributed by atoms with van der Waals surface area (Å²) in [5.41, 5.74) is 0. The maximum absolute atomic E-state index is 11.7. The van der Waals surface area contributed by atoms with Gasteiger partial charge in [0.2, 0.25) is 5.91 Å². The first-order valence-electron chi connectivity index (χ1n) is 6.17. The Kier molecular flexibility index (Phi) is 8.56. The average molecular weight is 265 g/mol. The first-order chi connectivity index (χ1) is 7.63. The van der Waals surface area contributed by atoms with E-state index in [0.29, 0.717) is 12.3 Å². The summed E-state index contributed by atoms with van der Waals surface area (Å²) in [4.78, 5) is 13.6. The number of hydrogen-bond acceptors (Lipinski definition) is 3. The zero-order chi connectivity index (χ0) is 12.0. The van der Waals surface area contributed by atoms with Crippen LogP contribution in [0.5, 0.6) is 0 Å². The maximum Gasteiger partial charge on any atom is 0.223 e. The molecule has 0 radical (unpaired) electrons. The SMILES string of the molecule is CNCCC(=O)N1CCC(OCC(C)C)C1.Cl. The molecular formula is C12H25ClN2O2. The summed E-state index contributed by atoms with van der Waals surface area (Å²) < 4.78 is 5.74. The van der Waals surface area contributed by atoms with Gasteiger partial charge >= 0.3 is 0 Å². The standard InChI is InChI=1S/C12H24N2O2.ClH/c1-10(2)9-16-11-5-7-14(8-11)12(15)4-6-13-3;/h10-11,13H,4-9H2,1-3H3;1H. The number of likely N-dealkylation sites (tertiary alicyclic amines) is 1. The minimum atomic E-state index is 0. The third kappa shape index (κ3) is 6.24. The quantitative estimate of drug-likeness (QED) is 0.786. The predicted octanol–water partition coefficient (Wildman–Crippen LogP) is 1.29. The molecule has 1 aliphatic rings. The summed E-state index contributed by atoms with van der Waals surface area (Å²) >= 11 is 0. The molecule has 1 fully saturated rings. The van der Waals surface area contributed by atoms with Crippen molar-refractivity contribution in [1.82, 2.24) is 10.2 Å². The van der Waals surface area contributed by atoms with Gasteiger partial charge in [0.25, 0.3) is 0 Å². The molecular weight excluding hydrogens is 240 g/mol. The van der Waals surface area contributed by atoms with Gasteiger partial charge in [-0.25, -0.2) is 0 Å². The molecule has 0 aliphatic carbocycles. The Bertz CT molecular complexity index is 225. The van der Waals surface area contributed by atoms with Gasteiger partial charge in [-0.05, 0) is 19.4 Å². The van der Waals surface area contributed by atoms with E-state index in [1.807, 2.05) is 11.9 Å². The molecule has 0 bridgehead atoms. The zero-order valence-electron chi connectivity index (χ0n) is 11.1. The highest BCUT2D eigenvalue weighted by Gasteiger charge is 2.26. The van der Waals surface area contributed by atoms with Crippen molar-refractivity contribution >= 4 is 18.3 Å². The molecule has 5 heteroatoms. The molecule has 17 heavy (non-hydrogen) atoms. The zero-order valence-corrected chi connectivity index (χ0v) is 11.9. The molecule has 1 saturated heterocycles. The van der Waals surface area contributed by atoms with E-state index in [-0.39, 0.29) is 24.4 Å². The molecule has 4 nitrogen and oxygen atoms in total. The lowest BCUT2D eigenvalue weighted by molar-refractivity contribution is -0.130. The van der Waals surface area contributed by atoms with Crippen LogP contribution in [0.25, 0.3) is 0 Å². The summed E-state index contributed by atoms with van der Waals surface area (Å²) in [7, 11) is 1.87. The Balaban J connectivity index is 0.00000256. The Morgan fingerprint density at radius 3 is 2.82 bits per heavy atom. The fourth-order valence-corrected chi connectivity index (χ4v) is 1.81. The van der Waals surface area contributed by atoms with Crippen LogP contribution in [0.1, 0.15) is 26.7 Å². The van der Waals surface area contributed by atoms with Crippen molar-refractivity contribution < 1.29 is 9.53 Å². The van der Waals surface area contributed by atoms with Crippen molar-refractivity contribution in [3.05, 3.63) is 0 Å². The van der Waals surface area contributed by atoms with Crippen LogP contribution in [-0.2, 0) is 9.53 Å². The molecule has 1 unspecified atom stereocenters. The summed E-state index contributed by atoms with van der Waals surface area (Å²) in [5.74, 6) is 0.805. The van der Waals surface area contributed by atoms with E-state index in [1.54, 1.807) is 0 Å². The molecule has 0 aromatic rings. The third-order valence-corrected chi connectivity index (χ3v) is 2.75. The smallest absolute Gasteiger partial charge is 0.223 e. The van der Waals surface area contributed by atoms with Crippen LogP contribution in [0.15, 0.2) is 0 Å². The van der Waals surface area contributed by atoms with E-state index < -0.39 is 0 Å². The van der Waals surface area contributed by atoms with E-state index in [4.69, 9.17) is 4.74 Å². The predicted molar refractivity (Wildman–Crippen MR) is 71.6 cm³/mol. The van der Waals surface area contributed by atoms with Crippen LogP contribution in [-0.4, -0.2) is 50.2 Å². The van der Waals surface area contributed by atoms with Crippen LogP contribution < -0.4 is 5.32 Å². The molecule has 1 N–H and O–H groups in total.